The minimum absolute atomic E-state index is 0.0586. The van der Waals surface area contributed by atoms with Gasteiger partial charge >= 0.3 is 24.4 Å². The Morgan fingerprint density at radius 1 is 0.561 bits per heavy atom. The van der Waals surface area contributed by atoms with Gasteiger partial charge in [-0.3, -0.25) is 24.4 Å². The largest absolute Gasteiger partial charge is 0.416 e. The number of halogens is 6. The normalized spacial score (nSPS) is 18.8. The number of alkyl halides is 6. The van der Waals surface area contributed by atoms with Gasteiger partial charge in [0.1, 0.15) is 0 Å². The van der Waals surface area contributed by atoms with Crippen molar-refractivity contribution in [3.8, 4) is 0 Å². The van der Waals surface area contributed by atoms with Crippen LogP contribution in [-0.4, -0.2) is 64.8 Å². The lowest BCUT2D eigenvalue weighted by Gasteiger charge is -2.34. The summed E-state index contributed by atoms with van der Waals surface area (Å²) in [6.45, 7) is 0.154. The van der Waals surface area contributed by atoms with Crippen LogP contribution < -0.4 is 31.9 Å². The van der Waals surface area contributed by atoms with Crippen LogP contribution in [0.5, 0.6) is 0 Å². The average Bonchev–Trinajstić information content (AvgIpc) is 3.79. The Balaban J connectivity index is 0.926. The molecule has 0 saturated heterocycles. The molecule has 0 radical (unpaired) electrons. The molecule has 5 aromatic rings. The Morgan fingerprint density at radius 3 is 1.33 bits per heavy atom. The zero-order valence-corrected chi connectivity index (χ0v) is 34.7. The molecule has 9 rings (SSSR count). The Kier molecular flexibility index (Phi) is 10.9. The molecule has 19 heteroatoms. The topological polar surface area (TPSA) is 170 Å². The predicted octanol–water partition coefficient (Wildman–Crippen LogP) is 7.50. The van der Waals surface area contributed by atoms with Crippen molar-refractivity contribution in [2.45, 2.75) is 37.3 Å². The van der Waals surface area contributed by atoms with Gasteiger partial charge in [-0.1, -0.05) is 42.5 Å². The monoisotopic (exact) mass is 907 g/mol. The van der Waals surface area contributed by atoms with Gasteiger partial charge in [0.05, 0.1) is 70.2 Å². The summed E-state index contributed by atoms with van der Waals surface area (Å²) < 4.78 is 82.6. The SMILES string of the molecule is Nc1ccc([C@H]2NC(=O)N(c3cccc(C(F)(F)F)c3)C3=C2C(=O)N(CCc2cncc(CCN4CC5=C(C4=O)[C@@H](c4ccc(N)cc4)NC(=O)N5c4cccc(C(F)(F)F)c4)c2)C3)cc1. The van der Waals surface area contributed by atoms with Crippen molar-refractivity contribution in [2.75, 3.05) is 47.4 Å². The van der Waals surface area contributed by atoms with E-state index in [1.807, 2.05) is 6.07 Å². The van der Waals surface area contributed by atoms with Gasteiger partial charge < -0.3 is 31.9 Å². The van der Waals surface area contributed by atoms with Crippen LogP contribution in [0.1, 0.15) is 45.5 Å². The molecule has 4 aromatic carbocycles. The number of amides is 6. The summed E-state index contributed by atoms with van der Waals surface area (Å²) in [7, 11) is 0. The molecule has 66 heavy (non-hydrogen) atoms. The highest BCUT2D eigenvalue weighted by Crippen LogP contribution is 2.42. The van der Waals surface area contributed by atoms with Crippen molar-refractivity contribution in [2.24, 2.45) is 0 Å². The molecule has 0 unspecified atom stereocenters. The highest BCUT2D eigenvalue weighted by atomic mass is 19.4. The van der Waals surface area contributed by atoms with Gasteiger partial charge in [-0.25, -0.2) is 9.59 Å². The molecule has 338 valence electrons. The molecular formula is C47H39F6N9O4. The second-order valence-electron chi connectivity index (χ2n) is 16.2. The van der Waals surface area contributed by atoms with Crippen LogP contribution in [0.15, 0.2) is 138 Å². The van der Waals surface area contributed by atoms with Gasteiger partial charge in [0.25, 0.3) is 11.8 Å². The third kappa shape index (κ3) is 8.23. The van der Waals surface area contributed by atoms with E-state index in [1.54, 1.807) is 60.9 Å². The van der Waals surface area contributed by atoms with E-state index in [1.165, 1.54) is 34.1 Å². The van der Waals surface area contributed by atoms with Crippen LogP contribution >= 0.6 is 0 Å². The zero-order chi connectivity index (χ0) is 46.7. The molecular weight excluding hydrogens is 869 g/mol. The van der Waals surface area contributed by atoms with Gasteiger partial charge in [0.2, 0.25) is 0 Å². The second-order valence-corrected chi connectivity index (χ2v) is 16.2. The minimum atomic E-state index is -4.68. The van der Waals surface area contributed by atoms with Crippen molar-refractivity contribution < 1.29 is 45.5 Å². The number of nitrogens with zero attached hydrogens (tertiary/aromatic N) is 5. The minimum Gasteiger partial charge on any atom is -0.399 e. The van der Waals surface area contributed by atoms with Crippen LogP contribution in [0.2, 0.25) is 0 Å². The van der Waals surface area contributed by atoms with Crippen LogP contribution in [0.3, 0.4) is 0 Å². The van der Waals surface area contributed by atoms with E-state index in [0.29, 0.717) is 35.3 Å². The first kappa shape index (κ1) is 43.4. The molecule has 2 atom stereocenters. The summed E-state index contributed by atoms with van der Waals surface area (Å²) in [5.41, 5.74) is 14.1. The van der Waals surface area contributed by atoms with Gasteiger partial charge in [0.15, 0.2) is 0 Å². The summed E-state index contributed by atoms with van der Waals surface area (Å²) in [4.78, 5) is 65.5. The van der Waals surface area contributed by atoms with Gasteiger partial charge in [-0.15, -0.1) is 0 Å². The maximum Gasteiger partial charge on any atom is 0.416 e. The van der Waals surface area contributed by atoms with E-state index in [9.17, 15) is 45.5 Å². The number of urea groups is 2. The number of nitrogens with two attached hydrogens (primary N) is 2. The van der Waals surface area contributed by atoms with Crippen LogP contribution in [0.25, 0.3) is 0 Å². The van der Waals surface area contributed by atoms with E-state index >= 15 is 0 Å². The summed E-state index contributed by atoms with van der Waals surface area (Å²) in [6.07, 6.45) is -5.52. The lowest BCUT2D eigenvalue weighted by Crippen LogP contribution is -2.47. The molecule has 6 amide bonds. The highest BCUT2D eigenvalue weighted by molar-refractivity contribution is 6.08. The first-order valence-electron chi connectivity index (χ1n) is 20.7. The van der Waals surface area contributed by atoms with E-state index in [0.717, 1.165) is 45.2 Å². The second kappa shape index (κ2) is 16.6. The summed E-state index contributed by atoms with van der Waals surface area (Å²) in [6, 6.07) is 20.4. The predicted molar refractivity (Wildman–Crippen MR) is 231 cm³/mol. The molecule has 0 saturated carbocycles. The standard InChI is InChI=1S/C47H39F6N9O4/c48-46(49,50)30-3-1-5-34(20-30)61-36-24-59(42(63)38(36)40(57-44(61)65)28-7-11-32(54)12-8-28)17-15-26-19-27(23-56-22-26)16-18-60-25-37-39(43(60)64)41(29-9-13-33(55)14-10-29)58-45(66)62(37)35-6-2-4-31(21-35)47(51,52)53/h1-14,19-23,40-41H,15-18,24-25,54-55H2,(H,57,65)(H,58,66)/t40-,41-/m1/s1. The maximum absolute atomic E-state index is 14.2. The van der Waals surface area contributed by atoms with E-state index in [-0.39, 0.29) is 60.1 Å². The quantitative estimate of drug-likeness (QED) is 0.0831. The zero-order valence-electron chi connectivity index (χ0n) is 34.7. The summed E-state index contributed by atoms with van der Waals surface area (Å²) in [5, 5.41) is 5.60. The van der Waals surface area contributed by atoms with E-state index in [2.05, 4.69) is 15.6 Å². The Hall–Kier alpha value is -7.83. The molecule has 0 bridgehead atoms. The molecule has 0 aliphatic carbocycles. The number of nitrogen functional groups attached to an aromatic ring is 2. The van der Waals surface area contributed by atoms with Gasteiger partial charge in [-0.05, 0) is 95.8 Å². The fourth-order valence-electron chi connectivity index (χ4n) is 8.76. The van der Waals surface area contributed by atoms with Gasteiger partial charge in [-0.2, -0.15) is 26.3 Å². The Morgan fingerprint density at radius 2 is 0.955 bits per heavy atom. The lowest BCUT2D eigenvalue weighted by atomic mass is 9.95. The van der Waals surface area contributed by atoms with Crippen molar-refractivity contribution >= 4 is 46.6 Å². The molecule has 5 heterocycles. The Labute approximate surface area is 373 Å². The molecule has 1 aromatic heterocycles. The number of rotatable bonds is 10. The van der Waals surface area contributed by atoms with Crippen LogP contribution in [-0.2, 0) is 34.8 Å². The first-order chi connectivity index (χ1) is 31.4. The van der Waals surface area contributed by atoms with Crippen molar-refractivity contribution in [3.05, 3.63) is 171 Å². The molecule has 4 aliphatic heterocycles. The molecule has 4 aliphatic rings. The average molecular weight is 908 g/mol. The smallest absolute Gasteiger partial charge is 0.399 e. The van der Waals surface area contributed by atoms with Crippen LogP contribution in [0.4, 0.5) is 58.7 Å². The Bertz CT molecular complexity index is 2660. The summed E-state index contributed by atoms with van der Waals surface area (Å²) in [5.74, 6) is -0.831. The summed E-state index contributed by atoms with van der Waals surface area (Å²) >= 11 is 0. The van der Waals surface area contributed by atoms with E-state index < -0.39 is 59.4 Å². The number of pyridine rings is 1. The van der Waals surface area contributed by atoms with Crippen LogP contribution in [0, 0.1) is 0 Å². The number of hydrogen-bond acceptors (Lipinski definition) is 7. The van der Waals surface area contributed by atoms with Gasteiger partial charge in [0, 0.05) is 36.9 Å². The molecule has 0 fully saturated rings. The number of aromatic nitrogens is 1. The first-order valence-corrected chi connectivity index (χ1v) is 20.7. The van der Waals surface area contributed by atoms with E-state index in [4.69, 9.17) is 11.5 Å². The number of anilines is 4. The number of hydrogen-bond donors (Lipinski definition) is 4. The molecule has 6 N–H and O–H groups in total. The van der Waals surface area contributed by atoms with Crippen molar-refractivity contribution in [1.82, 2.24) is 25.4 Å². The number of carbonyl (C=O) groups is 4. The lowest BCUT2D eigenvalue weighted by molar-refractivity contribution is -0.138. The highest BCUT2D eigenvalue weighted by Gasteiger charge is 2.47. The molecule has 13 nitrogen and oxygen atoms in total. The van der Waals surface area contributed by atoms with Crippen molar-refractivity contribution in [1.29, 1.82) is 0 Å². The third-order valence-corrected chi connectivity index (χ3v) is 12.0. The molecule has 0 spiro atoms. The fourth-order valence-corrected chi connectivity index (χ4v) is 8.76. The number of carbonyl (C=O) groups excluding carboxylic acids is 4. The number of benzene rings is 4. The fraction of sp³-hybridized carbons (Fsp3) is 0.213. The number of nitrogens with one attached hydrogen (secondary N) is 2. The van der Waals surface area contributed by atoms with Crippen molar-refractivity contribution in [3.63, 3.8) is 0 Å². The third-order valence-electron chi connectivity index (χ3n) is 12.0. The maximum atomic E-state index is 14.2.